The summed E-state index contributed by atoms with van der Waals surface area (Å²) in [6, 6.07) is 1.66. The van der Waals surface area contributed by atoms with Gasteiger partial charge in [-0.2, -0.15) is 0 Å². The van der Waals surface area contributed by atoms with Crippen molar-refractivity contribution in [3.05, 3.63) is 18.0 Å². The van der Waals surface area contributed by atoms with Gasteiger partial charge in [0.1, 0.15) is 0 Å². The fraction of sp³-hybridized carbons (Fsp3) is 0.714. The number of nitrogens with zero attached hydrogens (tertiary/aromatic N) is 1. The zero-order chi connectivity index (χ0) is 15.2. The minimum atomic E-state index is -3.45. The molecule has 6 heteroatoms. The summed E-state index contributed by atoms with van der Waals surface area (Å²) in [6.45, 7) is 4.52. The Morgan fingerprint density at radius 3 is 2.50 bits per heavy atom. The summed E-state index contributed by atoms with van der Waals surface area (Å²) in [4.78, 5) is 0.304. The molecule has 0 bridgehead atoms. The van der Waals surface area contributed by atoms with E-state index >= 15 is 0 Å². The molecule has 1 rings (SSSR count). The van der Waals surface area contributed by atoms with Crippen LogP contribution in [0.5, 0.6) is 0 Å². The van der Waals surface area contributed by atoms with E-state index in [-0.39, 0.29) is 6.04 Å². The second-order valence-electron chi connectivity index (χ2n) is 5.23. The van der Waals surface area contributed by atoms with Crippen LogP contribution in [0.2, 0.25) is 0 Å². The molecule has 0 spiro atoms. The third-order valence-corrected chi connectivity index (χ3v) is 4.95. The first-order valence-corrected chi connectivity index (χ1v) is 8.80. The molecule has 1 heterocycles. The number of sulfonamides is 1. The maximum absolute atomic E-state index is 12.4. The van der Waals surface area contributed by atoms with Crippen molar-refractivity contribution in [3.63, 3.8) is 0 Å². The van der Waals surface area contributed by atoms with Gasteiger partial charge in [0.2, 0.25) is 10.0 Å². The van der Waals surface area contributed by atoms with Crippen LogP contribution in [0.15, 0.2) is 17.2 Å². The Bertz CT molecular complexity index is 508. The molecule has 0 saturated carbocycles. The number of aryl methyl sites for hydroxylation is 1. The molecule has 0 amide bonds. The van der Waals surface area contributed by atoms with Crippen molar-refractivity contribution in [1.82, 2.24) is 9.29 Å². The lowest BCUT2D eigenvalue weighted by molar-refractivity contribution is 0.483. The van der Waals surface area contributed by atoms with Crippen molar-refractivity contribution < 1.29 is 8.42 Å². The number of nitrogens with one attached hydrogen (secondary N) is 1. The summed E-state index contributed by atoms with van der Waals surface area (Å²) in [5, 5.41) is 0. The van der Waals surface area contributed by atoms with Gasteiger partial charge in [-0.15, -0.1) is 0 Å². The van der Waals surface area contributed by atoms with E-state index in [1.54, 1.807) is 16.8 Å². The molecule has 1 unspecified atom stereocenters. The molecule has 1 atom stereocenters. The first-order chi connectivity index (χ1) is 9.44. The summed E-state index contributed by atoms with van der Waals surface area (Å²) in [5.41, 5.74) is 6.40. The highest BCUT2D eigenvalue weighted by Crippen LogP contribution is 2.16. The standard InChI is InChI=1S/C14H27N3O2S/c1-4-6-8-12(7-5-2)16-20(18,19)14-9-13(10-15)17(3)11-14/h9,11-12,16H,4-8,10,15H2,1-3H3. The predicted octanol–water partition coefficient (Wildman–Crippen LogP) is 2.12. The second kappa shape index (κ2) is 7.81. The van der Waals surface area contributed by atoms with Crippen molar-refractivity contribution in [3.8, 4) is 0 Å². The van der Waals surface area contributed by atoms with Crippen LogP contribution in [0.25, 0.3) is 0 Å². The molecule has 5 nitrogen and oxygen atoms in total. The maximum atomic E-state index is 12.4. The fourth-order valence-corrected chi connectivity index (χ4v) is 3.67. The maximum Gasteiger partial charge on any atom is 0.242 e. The molecule has 0 aliphatic rings. The first kappa shape index (κ1) is 17.2. The molecule has 0 aliphatic carbocycles. The van der Waals surface area contributed by atoms with E-state index < -0.39 is 10.0 Å². The van der Waals surface area contributed by atoms with Crippen molar-refractivity contribution in [1.29, 1.82) is 0 Å². The molecule has 3 N–H and O–H groups in total. The van der Waals surface area contributed by atoms with Crippen LogP contribution < -0.4 is 10.5 Å². The minimum Gasteiger partial charge on any atom is -0.352 e. The van der Waals surface area contributed by atoms with E-state index in [4.69, 9.17) is 5.73 Å². The Hall–Kier alpha value is -0.850. The van der Waals surface area contributed by atoms with Crippen LogP contribution in [0.1, 0.15) is 51.6 Å². The zero-order valence-corrected chi connectivity index (χ0v) is 13.5. The Kier molecular flexibility index (Phi) is 6.71. The van der Waals surface area contributed by atoms with Crippen LogP contribution in [0.4, 0.5) is 0 Å². The molecule has 116 valence electrons. The minimum absolute atomic E-state index is 0.0199. The molecular formula is C14H27N3O2S. The number of rotatable bonds is 9. The predicted molar refractivity (Wildman–Crippen MR) is 81.8 cm³/mol. The fourth-order valence-electron chi connectivity index (χ4n) is 2.28. The molecule has 1 aromatic heterocycles. The average molecular weight is 301 g/mol. The van der Waals surface area contributed by atoms with E-state index in [0.29, 0.717) is 11.4 Å². The first-order valence-electron chi connectivity index (χ1n) is 7.32. The van der Waals surface area contributed by atoms with Crippen LogP contribution in [-0.4, -0.2) is 19.0 Å². The van der Waals surface area contributed by atoms with Gasteiger partial charge in [0.25, 0.3) is 0 Å². The molecule has 20 heavy (non-hydrogen) atoms. The van der Waals surface area contributed by atoms with Crippen LogP contribution in [0, 0.1) is 0 Å². The Labute approximate surface area is 122 Å². The van der Waals surface area contributed by atoms with Gasteiger partial charge < -0.3 is 10.3 Å². The number of hydrogen-bond donors (Lipinski definition) is 2. The van der Waals surface area contributed by atoms with Crippen LogP contribution in [0.3, 0.4) is 0 Å². The Morgan fingerprint density at radius 1 is 1.30 bits per heavy atom. The van der Waals surface area contributed by atoms with E-state index in [1.807, 2.05) is 7.05 Å². The van der Waals surface area contributed by atoms with Crippen molar-refractivity contribution in [2.24, 2.45) is 12.8 Å². The van der Waals surface area contributed by atoms with Crippen molar-refractivity contribution in [2.75, 3.05) is 0 Å². The van der Waals surface area contributed by atoms with Crippen LogP contribution >= 0.6 is 0 Å². The van der Waals surface area contributed by atoms with Gasteiger partial charge in [0.05, 0.1) is 4.90 Å². The molecular weight excluding hydrogens is 274 g/mol. The summed E-state index contributed by atoms with van der Waals surface area (Å²) >= 11 is 0. The van der Waals surface area contributed by atoms with Gasteiger partial charge >= 0.3 is 0 Å². The normalized spacial score (nSPS) is 13.6. The third-order valence-electron chi connectivity index (χ3n) is 3.47. The molecule has 0 saturated heterocycles. The summed E-state index contributed by atoms with van der Waals surface area (Å²) in [6.07, 6.45) is 6.46. The van der Waals surface area contributed by atoms with Gasteiger partial charge in [0, 0.05) is 31.5 Å². The Morgan fingerprint density at radius 2 is 2.00 bits per heavy atom. The van der Waals surface area contributed by atoms with Crippen LogP contribution in [-0.2, 0) is 23.6 Å². The highest BCUT2D eigenvalue weighted by molar-refractivity contribution is 7.89. The van der Waals surface area contributed by atoms with E-state index in [0.717, 1.165) is 37.8 Å². The topological polar surface area (TPSA) is 77.1 Å². The lowest BCUT2D eigenvalue weighted by Crippen LogP contribution is -2.34. The lowest BCUT2D eigenvalue weighted by Gasteiger charge is -2.17. The average Bonchev–Trinajstić information content (AvgIpc) is 2.78. The molecule has 0 fully saturated rings. The lowest BCUT2D eigenvalue weighted by atomic mass is 10.1. The summed E-state index contributed by atoms with van der Waals surface area (Å²) < 4.78 is 29.4. The molecule has 1 aromatic rings. The number of aromatic nitrogens is 1. The molecule has 0 aliphatic heterocycles. The zero-order valence-electron chi connectivity index (χ0n) is 12.7. The monoisotopic (exact) mass is 301 g/mol. The Balaban J connectivity index is 2.85. The van der Waals surface area contributed by atoms with E-state index in [1.165, 1.54) is 0 Å². The third kappa shape index (κ3) is 4.61. The van der Waals surface area contributed by atoms with Gasteiger partial charge in [-0.25, -0.2) is 13.1 Å². The summed E-state index contributed by atoms with van der Waals surface area (Å²) in [7, 11) is -1.64. The van der Waals surface area contributed by atoms with Gasteiger partial charge in [-0.1, -0.05) is 33.1 Å². The highest BCUT2D eigenvalue weighted by Gasteiger charge is 2.21. The van der Waals surface area contributed by atoms with E-state index in [9.17, 15) is 8.42 Å². The van der Waals surface area contributed by atoms with Crippen molar-refractivity contribution >= 4 is 10.0 Å². The largest absolute Gasteiger partial charge is 0.352 e. The highest BCUT2D eigenvalue weighted by atomic mass is 32.2. The van der Waals surface area contributed by atoms with Gasteiger partial charge in [0.15, 0.2) is 0 Å². The van der Waals surface area contributed by atoms with E-state index in [2.05, 4.69) is 18.6 Å². The smallest absolute Gasteiger partial charge is 0.242 e. The van der Waals surface area contributed by atoms with Crippen molar-refractivity contribution in [2.45, 2.75) is 63.4 Å². The second-order valence-corrected chi connectivity index (χ2v) is 6.95. The SMILES string of the molecule is CCCCC(CCC)NS(=O)(=O)c1cc(CN)n(C)c1. The number of unbranched alkanes of at least 4 members (excludes halogenated alkanes) is 1. The van der Waals surface area contributed by atoms with Gasteiger partial charge in [-0.3, -0.25) is 0 Å². The number of nitrogens with two attached hydrogens (primary N) is 1. The quantitative estimate of drug-likeness (QED) is 0.733. The van der Waals surface area contributed by atoms with Gasteiger partial charge in [-0.05, 0) is 18.9 Å². The molecule has 0 aromatic carbocycles. The number of hydrogen-bond acceptors (Lipinski definition) is 3. The summed E-state index contributed by atoms with van der Waals surface area (Å²) in [5.74, 6) is 0. The molecule has 0 radical (unpaired) electrons.